The van der Waals surface area contributed by atoms with Crippen LogP contribution in [0.3, 0.4) is 0 Å². The SMILES string of the molecule is COc1cc(CC(C(=O)O)c2ccc(Oc3ccc(CCC(=O)NC(N)=O)cc3)cc2)cc(OC)c1. The minimum absolute atomic E-state index is 0.137. The number of rotatable bonds is 11. The lowest BCUT2D eigenvalue weighted by atomic mass is 9.92. The van der Waals surface area contributed by atoms with Crippen LogP contribution in [0.1, 0.15) is 29.0 Å². The van der Waals surface area contributed by atoms with E-state index in [1.54, 1.807) is 68.8 Å². The van der Waals surface area contributed by atoms with E-state index >= 15 is 0 Å². The molecule has 0 radical (unpaired) electrons. The van der Waals surface area contributed by atoms with Crippen molar-refractivity contribution in [1.82, 2.24) is 5.32 Å². The van der Waals surface area contributed by atoms with Gasteiger partial charge in [0.05, 0.1) is 20.1 Å². The van der Waals surface area contributed by atoms with Gasteiger partial charge in [0.25, 0.3) is 0 Å². The monoisotopic (exact) mass is 492 g/mol. The molecule has 0 bridgehead atoms. The number of urea groups is 1. The summed E-state index contributed by atoms with van der Waals surface area (Å²) in [6.45, 7) is 0. The lowest BCUT2D eigenvalue weighted by Crippen LogP contribution is -2.35. The molecule has 0 fully saturated rings. The molecule has 9 heteroatoms. The molecule has 4 N–H and O–H groups in total. The van der Waals surface area contributed by atoms with Gasteiger partial charge in [-0.3, -0.25) is 14.9 Å². The Morgan fingerprint density at radius 2 is 1.39 bits per heavy atom. The van der Waals surface area contributed by atoms with Crippen molar-refractivity contribution in [2.24, 2.45) is 5.73 Å². The first-order valence-corrected chi connectivity index (χ1v) is 11.2. The number of ether oxygens (including phenoxy) is 3. The molecule has 0 aliphatic rings. The summed E-state index contributed by atoms with van der Waals surface area (Å²) < 4.78 is 16.4. The zero-order valence-electron chi connectivity index (χ0n) is 20.0. The molecule has 0 saturated carbocycles. The maximum Gasteiger partial charge on any atom is 0.318 e. The van der Waals surface area contributed by atoms with Gasteiger partial charge in [-0.25, -0.2) is 4.79 Å². The Morgan fingerprint density at radius 1 is 0.833 bits per heavy atom. The number of nitrogens with one attached hydrogen (secondary N) is 1. The molecular formula is C27H28N2O7. The van der Waals surface area contributed by atoms with Crippen LogP contribution in [-0.2, 0) is 22.4 Å². The minimum atomic E-state index is -0.939. The van der Waals surface area contributed by atoms with Crippen molar-refractivity contribution >= 4 is 17.9 Å². The lowest BCUT2D eigenvalue weighted by molar-refractivity contribution is -0.138. The van der Waals surface area contributed by atoms with Crippen LogP contribution in [0, 0.1) is 0 Å². The molecule has 36 heavy (non-hydrogen) atoms. The fourth-order valence-electron chi connectivity index (χ4n) is 3.65. The highest BCUT2D eigenvalue weighted by Crippen LogP contribution is 2.29. The quantitative estimate of drug-likeness (QED) is 0.367. The predicted molar refractivity (Wildman–Crippen MR) is 133 cm³/mol. The highest BCUT2D eigenvalue weighted by atomic mass is 16.5. The van der Waals surface area contributed by atoms with E-state index < -0.39 is 23.8 Å². The molecule has 0 heterocycles. The Hall–Kier alpha value is -4.53. The zero-order valence-corrected chi connectivity index (χ0v) is 20.0. The van der Waals surface area contributed by atoms with Crippen molar-refractivity contribution in [3.8, 4) is 23.0 Å². The Bertz CT molecular complexity index is 1190. The number of hydrogen-bond donors (Lipinski definition) is 3. The van der Waals surface area contributed by atoms with Gasteiger partial charge in [0.15, 0.2) is 0 Å². The number of amides is 3. The number of nitrogens with two attached hydrogens (primary N) is 1. The van der Waals surface area contributed by atoms with Gasteiger partial charge in [-0.15, -0.1) is 0 Å². The number of primary amides is 1. The van der Waals surface area contributed by atoms with Crippen molar-refractivity contribution in [1.29, 1.82) is 0 Å². The Labute approximate surface area is 208 Å². The van der Waals surface area contributed by atoms with Crippen LogP contribution in [0.5, 0.6) is 23.0 Å². The number of aliphatic carboxylic acids is 1. The van der Waals surface area contributed by atoms with Gasteiger partial charge in [0.1, 0.15) is 23.0 Å². The average Bonchev–Trinajstić information content (AvgIpc) is 2.86. The minimum Gasteiger partial charge on any atom is -0.497 e. The second-order valence-corrected chi connectivity index (χ2v) is 8.04. The summed E-state index contributed by atoms with van der Waals surface area (Å²) >= 11 is 0. The van der Waals surface area contributed by atoms with Crippen LogP contribution < -0.4 is 25.3 Å². The molecule has 3 aromatic carbocycles. The lowest BCUT2D eigenvalue weighted by Gasteiger charge is -2.15. The van der Waals surface area contributed by atoms with Crippen LogP contribution in [0.25, 0.3) is 0 Å². The van der Waals surface area contributed by atoms with E-state index in [1.807, 2.05) is 17.4 Å². The number of imide groups is 1. The molecule has 3 amide bonds. The number of carboxylic acid groups (broad SMARTS) is 1. The average molecular weight is 493 g/mol. The smallest absolute Gasteiger partial charge is 0.318 e. The van der Waals surface area contributed by atoms with Crippen LogP contribution in [0.4, 0.5) is 4.79 Å². The maximum absolute atomic E-state index is 12.0. The molecule has 0 aliphatic carbocycles. The Kier molecular flexibility index (Phi) is 8.88. The molecule has 0 spiro atoms. The van der Waals surface area contributed by atoms with E-state index in [0.717, 1.165) is 11.1 Å². The molecule has 0 saturated heterocycles. The molecular weight excluding hydrogens is 464 g/mol. The molecule has 3 rings (SSSR count). The van der Waals surface area contributed by atoms with Gasteiger partial charge >= 0.3 is 12.0 Å². The first kappa shape index (κ1) is 26.1. The highest BCUT2D eigenvalue weighted by Gasteiger charge is 2.21. The van der Waals surface area contributed by atoms with E-state index in [1.165, 1.54) is 0 Å². The number of aryl methyl sites for hydroxylation is 1. The topological polar surface area (TPSA) is 137 Å². The first-order chi connectivity index (χ1) is 17.3. The summed E-state index contributed by atoms with van der Waals surface area (Å²) in [5, 5.41) is 11.9. The second kappa shape index (κ2) is 12.3. The van der Waals surface area contributed by atoms with Gasteiger partial charge in [-0.1, -0.05) is 24.3 Å². The number of carboxylic acids is 1. The number of carbonyl (C=O) groups excluding carboxylic acids is 2. The van der Waals surface area contributed by atoms with Crippen LogP contribution in [-0.4, -0.2) is 37.2 Å². The second-order valence-electron chi connectivity index (χ2n) is 8.04. The summed E-state index contributed by atoms with van der Waals surface area (Å²) in [5.41, 5.74) is 7.25. The molecule has 1 unspecified atom stereocenters. The van der Waals surface area contributed by atoms with Crippen LogP contribution in [0.2, 0.25) is 0 Å². The van der Waals surface area contributed by atoms with Crippen LogP contribution in [0.15, 0.2) is 66.7 Å². The molecule has 188 valence electrons. The predicted octanol–water partition coefficient (Wildman–Crippen LogP) is 4.03. The summed E-state index contributed by atoms with van der Waals surface area (Å²) in [6, 6.07) is 18.6. The van der Waals surface area contributed by atoms with Gasteiger partial charge in [0, 0.05) is 12.5 Å². The van der Waals surface area contributed by atoms with E-state index in [9.17, 15) is 19.5 Å². The number of carbonyl (C=O) groups is 3. The van der Waals surface area contributed by atoms with Crippen LogP contribution >= 0.6 is 0 Å². The van der Waals surface area contributed by atoms with Gasteiger partial charge < -0.3 is 25.1 Å². The molecule has 9 nitrogen and oxygen atoms in total. The van der Waals surface area contributed by atoms with E-state index in [0.29, 0.717) is 35.0 Å². The van der Waals surface area contributed by atoms with Crippen molar-refractivity contribution < 1.29 is 33.7 Å². The van der Waals surface area contributed by atoms with Crippen molar-refractivity contribution in [2.75, 3.05) is 14.2 Å². The third-order valence-electron chi connectivity index (χ3n) is 5.49. The van der Waals surface area contributed by atoms with E-state index in [-0.39, 0.29) is 12.8 Å². The highest BCUT2D eigenvalue weighted by molar-refractivity contribution is 5.93. The van der Waals surface area contributed by atoms with E-state index in [4.69, 9.17) is 19.9 Å². The third-order valence-corrected chi connectivity index (χ3v) is 5.49. The van der Waals surface area contributed by atoms with Gasteiger partial charge in [-0.2, -0.15) is 0 Å². The third kappa shape index (κ3) is 7.49. The summed E-state index contributed by atoms with van der Waals surface area (Å²) in [7, 11) is 3.09. The van der Waals surface area contributed by atoms with E-state index in [2.05, 4.69) is 0 Å². The van der Waals surface area contributed by atoms with Crippen molar-refractivity contribution in [3.63, 3.8) is 0 Å². The normalized spacial score (nSPS) is 11.3. The van der Waals surface area contributed by atoms with Gasteiger partial charge in [0.2, 0.25) is 5.91 Å². The molecule has 1 atom stereocenters. The largest absolute Gasteiger partial charge is 0.497 e. The van der Waals surface area contributed by atoms with Gasteiger partial charge in [-0.05, 0) is 65.9 Å². The molecule has 0 aliphatic heterocycles. The summed E-state index contributed by atoms with van der Waals surface area (Å²) in [4.78, 5) is 34.3. The molecule has 3 aromatic rings. The first-order valence-electron chi connectivity index (χ1n) is 11.2. The number of hydrogen-bond acceptors (Lipinski definition) is 6. The summed E-state index contributed by atoms with van der Waals surface area (Å²) in [6.07, 6.45) is 0.851. The Morgan fingerprint density at radius 3 is 1.89 bits per heavy atom. The zero-order chi connectivity index (χ0) is 26.1. The number of benzene rings is 3. The molecule has 0 aromatic heterocycles. The van der Waals surface area contributed by atoms with Crippen molar-refractivity contribution in [2.45, 2.75) is 25.2 Å². The summed E-state index contributed by atoms with van der Waals surface area (Å²) in [5.74, 6) is 0.195. The standard InChI is InChI=1S/C27H28N2O7/c1-34-22-13-18(14-23(16-22)35-2)15-24(26(31)32)19-6-10-21(11-7-19)36-20-8-3-17(4-9-20)5-12-25(30)29-27(28)33/h3-4,6-11,13-14,16,24H,5,12,15H2,1-2H3,(H,31,32)(H3,28,29,30,33). The van der Waals surface area contributed by atoms with Crippen molar-refractivity contribution in [3.05, 3.63) is 83.4 Å². The maximum atomic E-state index is 12.0. The number of methoxy groups -OCH3 is 2. The Balaban J connectivity index is 1.64. The fraction of sp³-hybridized carbons (Fsp3) is 0.222. The fourth-order valence-corrected chi connectivity index (χ4v) is 3.65.